The Balaban J connectivity index is 4.46. The van der Waals surface area contributed by atoms with Gasteiger partial charge in [0.2, 0.25) is 10.0 Å². The molecule has 0 aromatic heterocycles. The van der Waals surface area contributed by atoms with Crippen LogP contribution < -0.4 is 0 Å². The summed E-state index contributed by atoms with van der Waals surface area (Å²) in [5, 5.41) is 8.30. The summed E-state index contributed by atoms with van der Waals surface area (Å²) in [4.78, 5) is 10.2. The van der Waals surface area contributed by atoms with Gasteiger partial charge < -0.3 is 5.11 Å². The second-order valence-electron chi connectivity index (χ2n) is 3.10. The maximum Gasteiger partial charge on any atom is 0.320 e. The predicted octanol–water partition coefficient (Wildman–Crippen LogP) is -1.62. The van der Waals surface area contributed by atoms with Crippen molar-refractivity contribution in [3.63, 3.8) is 0 Å². The Hall–Kier alpha value is -0.670. The molecule has 0 atom stereocenters. The molecule has 0 bridgehead atoms. The molecule has 0 spiro atoms. The van der Waals surface area contributed by atoms with Gasteiger partial charge in [0, 0.05) is 19.8 Å². The summed E-state index contributed by atoms with van der Waals surface area (Å²) in [6.07, 6.45) is 0.977. The molecule has 0 aliphatic rings. The summed E-state index contributed by atoms with van der Waals surface area (Å²) in [6.45, 7) is -0.242. The van der Waals surface area contributed by atoms with Crippen molar-refractivity contribution in [3.05, 3.63) is 0 Å². The van der Waals surface area contributed by atoms with E-state index in [4.69, 9.17) is 5.11 Å². The average molecular weight is 259 g/mol. The third-order valence-corrected chi connectivity index (χ3v) is 4.23. The van der Waals surface area contributed by atoms with E-state index in [-0.39, 0.29) is 12.3 Å². The highest BCUT2D eigenvalue weighted by atomic mass is 32.2. The second kappa shape index (κ2) is 4.90. The number of sulfone groups is 1. The molecule has 9 heteroatoms. The SMILES string of the molecule is CN(CCS(C)(=O)=O)S(=O)(=O)CC(=O)O. The van der Waals surface area contributed by atoms with Gasteiger partial charge in [0.25, 0.3) is 0 Å². The fourth-order valence-electron chi connectivity index (χ4n) is 0.700. The first-order valence-electron chi connectivity index (χ1n) is 3.88. The summed E-state index contributed by atoms with van der Waals surface area (Å²) < 4.78 is 44.6. The molecule has 0 aromatic carbocycles. The monoisotopic (exact) mass is 259 g/mol. The standard InChI is InChI=1S/C6H13NO6S2/c1-7(3-4-14(2,10)11)15(12,13)5-6(8)9/h3-5H2,1-2H3,(H,8,9). The van der Waals surface area contributed by atoms with Crippen LogP contribution in [0.25, 0.3) is 0 Å². The molecule has 0 saturated carbocycles. The van der Waals surface area contributed by atoms with E-state index in [1.165, 1.54) is 0 Å². The van der Waals surface area contributed by atoms with Crippen LogP contribution in [0.4, 0.5) is 0 Å². The number of rotatable bonds is 6. The minimum Gasteiger partial charge on any atom is -0.480 e. The highest BCUT2D eigenvalue weighted by molar-refractivity contribution is 7.91. The van der Waals surface area contributed by atoms with E-state index in [1.54, 1.807) is 0 Å². The van der Waals surface area contributed by atoms with Crippen LogP contribution in [0.15, 0.2) is 0 Å². The second-order valence-corrected chi connectivity index (χ2v) is 7.44. The van der Waals surface area contributed by atoms with E-state index in [0.29, 0.717) is 0 Å². The molecule has 0 fully saturated rings. The van der Waals surface area contributed by atoms with E-state index in [9.17, 15) is 21.6 Å². The van der Waals surface area contributed by atoms with Crippen LogP contribution in [-0.4, -0.2) is 63.6 Å². The van der Waals surface area contributed by atoms with Gasteiger partial charge in [0.15, 0.2) is 5.75 Å². The lowest BCUT2D eigenvalue weighted by molar-refractivity contribution is -0.134. The molecule has 1 N–H and O–H groups in total. The minimum absolute atomic E-state index is 0.242. The van der Waals surface area contributed by atoms with Crippen molar-refractivity contribution in [1.29, 1.82) is 0 Å². The normalized spacial score (nSPS) is 13.0. The van der Waals surface area contributed by atoms with E-state index in [1.807, 2.05) is 0 Å². The minimum atomic E-state index is -3.91. The smallest absolute Gasteiger partial charge is 0.320 e. The number of sulfonamides is 1. The van der Waals surface area contributed by atoms with Crippen molar-refractivity contribution < 1.29 is 26.7 Å². The molecule has 0 aliphatic heterocycles. The largest absolute Gasteiger partial charge is 0.480 e. The Morgan fingerprint density at radius 3 is 2.07 bits per heavy atom. The first-order valence-corrected chi connectivity index (χ1v) is 7.55. The maximum absolute atomic E-state index is 11.2. The van der Waals surface area contributed by atoms with Gasteiger partial charge in [-0.05, 0) is 0 Å². The molecule has 0 aliphatic carbocycles. The van der Waals surface area contributed by atoms with Crippen LogP contribution in [0.2, 0.25) is 0 Å². The molecule has 0 radical (unpaired) electrons. The first-order chi connectivity index (χ1) is 6.54. The average Bonchev–Trinajstić information content (AvgIpc) is 1.95. The number of aliphatic carboxylic acids is 1. The number of carboxylic acids is 1. The Morgan fingerprint density at radius 2 is 1.73 bits per heavy atom. The van der Waals surface area contributed by atoms with Gasteiger partial charge in [-0.25, -0.2) is 21.1 Å². The lowest BCUT2D eigenvalue weighted by atomic mass is 10.8. The summed E-state index contributed by atoms with van der Waals surface area (Å²) in [5.41, 5.74) is 0. The first kappa shape index (κ1) is 14.3. The fourth-order valence-corrected chi connectivity index (χ4v) is 2.32. The zero-order valence-corrected chi connectivity index (χ0v) is 10.0. The van der Waals surface area contributed by atoms with Gasteiger partial charge in [0.05, 0.1) is 5.75 Å². The van der Waals surface area contributed by atoms with Crippen molar-refractivity contribution in [2.75, 3.05) is 31.4 Å². The van der Waals surface area contributed by atoms with Crippen LogP contribution >= 0.6 is 0 Å². The zero-order valence-electron chi connectivity index (χ0n) is 8.37. The van der Waals surface area contributed by atoms with Crippen molar-refractivity contribution in [2.24, 2.45) is 0 Å². The van der Waals surface area contributed by atoms with Gasteiger partial charge in [-0.1, -0.05) is 0 Å². The van der Waals surface area contributed by atoms with E-state index in [2.05, 4.69) is 0 Å². The quantitative estimate of drug-likeness (QED) is 0.614. The Morgan fingerprint density at radius 1 is 1.27 bits per heavy atom. The van der Waals surface area contributed by atoms with Crippen molar-refractivity contribution in [2.45, 2.75) is 0 Å². The summed E-state index contributed by atoms with van der Waals surface area (Å²) in [6, 6.07) is 0. The number of hydrogen-bond donors (Lipinski definition) is 1. The van der Waals surface area contributed by atoms with Gasteiger partial charge in [-0.15, -0.1) is 0 Å². The lowest BCUT2D eigenvalue weighted by Gasteiger charge is -2.14. The van der Waals surface area contributed by atoms with Crippen LogP contribution in [0.5, 0.6) is 0 Å². The Labute approximate surface area is 88.7 Å². The third-order valence-electron chi connectivity index (χ3n) is 1.56. The molecular formula is C6H13NO6S2. The molecule has 7 nitrogen and oxygen atoms in total. The van der Waals surface area contributed by atoms with Gasteiger partial charge in [-0.3, -0.25) is 4.79 Å². The Bertz CT molecular complexity index is 423. The van der Waals surface area contributed by atoms with Crippen molar-refractivity contribution in [1.82, 2.24) is 4.31 Å². The molecule has 0 rings (SSSR count). The predicted molar refractivity (Wildman–Crippen MR) is 53.8 cm³/mol. The van der Waals surface area contributed by atoms with Crippen LogP contribution in [0, 0.1) is 0 Å². The van der Waals surface area contributed by atoms with E-state index >= 15 is 0 Å². The Kier molecular flexibility index (Phi) is 4.68. The highest BCUT2D eigenvalue weighted by Crippen LogP contribution is 1.98. The summed E-state index contributed by atoms with van der Waals surface area (Å²) in [5.74, 6) is -2.84. The molecule has 0 aromatic rings. The molecule has 0 unspecified atom stereocenters. The molecule has 90 valence electrons. The maximum atomic E-state index is 11.2. The van der Waals surface area contributed by atoms with Crippen LogP contribution in [0.1, 0.15) is 0 Å². The number of carbonyl (C=O) groups is 1. The van der Waals surface area contributed by atoms with Gasteiger partial charge in [0.1, 0.15) is 9.84 Å². The number of hydrogen-bond acceptors (Lipinski definition) is 5. The zero-order chi connectivity index (χ0) is 12.3. The van der Waals surface area contributed by atoms with Crippen molar-refractivity contribution >= 4 is 25.8 Å². The van der Waals surface area contributed by atoms with E-state index in [0.717, 1.165) is 17.6 Å². The number of nitrogens with zero attached hydrogens (tertiary/aromatic N) is 1. The molecule has 0 heterocycles. The van der Waals surface area contributed by atoms with Gasteiger partial charge in [-0.2, -0.15) is 0 Å². The van der Waals surface area contributed by atoms with Gasteiger partial charge >= 0.3 is 5.97 Å². The summed E-state index contributed by atoms with van der Waals surface area (Å²) in [7, 11) is -6.03. The van der Waals surface area contributed by atoms with Crippen LogP contribution in [0.3, 0.4) is 0 Å². The molecule has 0 saturated heterocycles. The summed E-state index contributed by atoms with van der Waals surface area (Å²) >= 11 is 0. The topological polar surface area (TPSA) is 109 Å². The van der Waals surface area contributed by atoms with E-state index < -0.39 is 31.6 Å². The third kappa shape index (κ3) is 6.42. The van der Waals surface area contributed by atoms with Crippen LogP contribution in [-0.2, 0) is 24.7 Å². The van der Waals surface area contributed by atoms with Crippen molar-refractivity contribution in [3.8, 4) is 0 Å². The molecule has 0 amide bonds. The number of carboxylic acid groups (broad SMARTS) is 1. The lowest BCUT2D eigenvalue weighted by Crippen LogP contribution is -2.35. The highest BCUT2D eigenvalue weighted by Gasteiger charge is 2.22. The molecular weight excluding hydrogens is 246 g/mol. The fraction of sp³-hybridized carbons (Fsp3) is 0.833. The molecule has 15 heavy (non-hydrogen) atoms.